The first-order chi connectivity index (χ1) is 13.1. The van der Waals surface area contributed by atoms with Gasteiger partial charge < -0.3 is 15.4 Å². The maximum absolute atomic E-state index is 12.5. The Bertz CT molecular complexity index is 803. The molecule has 0 saturated carbocycles. The Morgan fingerprint density at radius 2 is 1.75 bits per heavy atom. The van der Waals surface area contributed by atoms with Crippen molar-refractivity contribution in [2.24, 2.45) is 0 Å². The smallest absolute Gasteiger partial charge is 0.338 e. The number of rotatable bonds is 10. The number of benzene rings is 1. The Morgan fingerprint density at radius 3 is 2.32 bits per heavy atom. The van der Waals surface area contributed by atoms with Gasteiger partial charge in [-0.3, -0.25) is 9.59 Å². The lowest BCUT2D eigenvalue weighted by Gasteiger charge is -2.18. The van der Waals surface area contributed by atoms with Crippen molar-refractivity contribution in [3.05, 3.63) is 29.8 Å². The van der Waals surface area contributed by atoms with Crippen molar-refractivity contribution in [1.29, 1.82) is 0 Å². The third-order valence-corrected chi connectivity index (χ3v) is 5.69. The Kier molecular flexibility index (Phi) is 9.07. The summed E-state index contributed by atoms with van der Waals surface area (Å²) < 4.78 is 31.2. The van der Waals surface area contributed by atoms with Gasteiger partial charge in [0.1, 0.15) is 0 Å². The van der Waals surface area contributed by atoms with Gasteiger partial charge in [-0.05, 0) is 32.0 Å². The van der Waals surface area contributed by atoms with Gasteiger partial charge in [0.2, 0.25) is 15.9 Å². The monoisotopic (exact) mass is 413 g/mol. The van der Waals surface area contributed by atoms with Crippen molar-refractivity contribution in [2.45, 2.75) is 38.6 Å². The summed E-state index contributed by atoms with van der Waals surface area (Å²) in [6, 6.07) is 5.39. The van der Waals surface area contributed by atoms with E-state index < -0.39 is 28.5 Å². The molecular formula is C18H27N3O6S. The summed E-state index contributed by atoms with van der Waals surface area (Å²) in [6.07, 6.45) is 0. The van der Waals surface area contributed by atoms with E-state index in [0.717, 1.165) is 0 Å². The predicted octanol–water partition coefficient (Wildman–Crippen LogP) is 0.515. The molecule has 0 aromatic heterocycles. The highest BCUT2D eigenvalue weighted by Gasteiger charge is 2.23. The number of amides is 2. The second kappa shape index (κ2) is 10.8. The number of carbonyl (C=O) groups excluding carboxylic acids is 3. The molecule has 2 N–H and O–H groups in total. The van der Waals surface area contributed by atoms with Crippen LogP contribution in [0.5, 0.6) is 0 Å². The first kappa shape index (κ1) is 23.6. The highest BCUT2D eigenvalue weighted by Crippen LogP contribution is 2.17. The fourth-order valence-electron chi connectivity index (χ4n) is 2.31. The van der Waals surface area contributed by atoms with Crippen molar-refractivity contribution in [1.82, 2.24) is 14.9 Å². The van der Waals surface area contributed by atoms with Gasteiger partial charge in [-0.2, -0.15) is 4.31 Å². The minimum atomic E-state index is -3.71. The van der Waals surface area contributed by atoms with Gasteiger partial charge in [-0.1, -0.05) is 19.9 Å². The van der Waals surface area contributed by atoms with Crippen LogP contribution in [0.15, 0.2) is 29.2 Å². The summed E-state index contributed by atoms with van der Waals surface area (Å²) in [6.45, 7) is 6.81. The van der Waals surface area contributed by atoms with Crippen LogP contribution in [0.25, 0.3) is 0 Å². The van der Waals surface area contributed by atoms with Crippen molar-refractivity contribution in [3.63, 3.8) is 0 Å². The van der Waals surface area contributed by atoms with Gasteiger partial charge in [-0.15, -0.1) is 0 Å². The molecule has 0 aliphatic heterocycles. The van der Waals surface area contributed by atoms with E-state index in [4.69, 9.17) is 4.74 Å². The molecule has 156 valence electrons. The van der Waals surface area contributed by atoms with Gasteiger partial charge in [0.05, 0.1) is 17.0 Å². The maximum Gasteiger partial charge on any atom is 0.338 e. The fraction of sp³-hybridized carbons (Fsp3) is 0.500. The quantitative estimate of drug-likeness (QED) is 0.539. The molecule has 2 amide bonds. The SMILES string of the molecule is CCN(CC)S(=O)(=O)c1cccc(C(=O)OCC(=O)NCC(=O)NC(C)C)c1. The number of nitrogens with one attached hydrogen (secondary N) is 2. The molecule has 1 rings (SSSR count). The van der Waals surface area contributed by atoms with E-state index in [-0.39, 0.29) is 29.0 Å². The molecule has 0 radical (unpaired) electrons. The van der Waals surface area contributed by atoms with Crippen LogP contribution in [0.3, 0.4) is 0 Å². The van der Waals surface area contributed by atoms with Gasteiger partial charge in [0.25, 0.3) is 5.91 Å². The summed E-state index contributed by atoms with van der Waals surface area (Å²) in [4.78, 5) is 35.3. The first-order valence-electron chi connectivity index (χ1n) is 8.95. The summed E-state index contributed by atoms with van der Waals surface area (Å²) in [5.74, 6) is -1.83. The second-order valence-corrected chi connectivity index (χ2v) is 8.13. The summed E-state index contributed by atoms with van der Waals surface area (Å²) in [5, 5.41) is 4.94. The fourth-order valence-corrected chi connectivity index (χ4v) is 3.82. The van der Waals surface area contributed by atoms with E-state index in [0.29, 0.717) is 13.1 Å². The lowest BCUT2D eigenvalue weighted by Crippen LogP contribution is -2.41. The van der Waals surface area contributed by atoms with Gasteiger partial charge in [0, 0.05) is 19.1 Å². The van der Waals surface area contributed by atoms with Crippen LogP contribution in [0.4, 0.5) is 0 Å². The molecule has 10 heteroatoms. The standard InChI is InChI=1S/C18H27N3O6S/c1-5-21(6-2)28(25,26)15-9-7-8-14(10-15)18(24)27-12-17(23)19-11-16(22)20-13(3)4/h7-10,13H,5-6,11-12H2,1-4H3,(H,19,23)(H,20,22). The maximum atomic E-state index is 12.5. The Balaban J connectivity index is 2.69. The zero-order valence-electron chi connectivity index (χ0n) is 16.5. The van der Waals surface area contributed by atoms with Crippen LogP contribution < -0.4 is 10.6 Å². The molecule has 0 aliphatic rings. The molecule has 0 aliphatic carbocycles. The molecule has 0 bridgehead atoms. The minimum Gasteiger partial charge on any atom is -0.452 e. The molecule has 0 atom stereocenters. The average Bonchev–Trinajstić information content (AvgIpc) is 2.64. The molecule has 0 spiro atoms. The van der Waals surface area contributed by atoms with E-state index in [1.807, 2.05) is 0 Å². The number of nitrogens with zero attached hydrogens (tertiary/aromatic N) is 1. The van der Waals surface area contributed by atoms with Gasteiger partial charge in [0.15, 0.2) is 6.61 Å². The van der Waals surface area contributed by atoms with Crippen LogP contribution >= 0.6 is 0 Å². The molecule has 9 nitrogen and oxygen atoms in total. The predicted molar refractivity (Wildman–Crippen MR) is 103 cm³/mol. The number of hydrogen-bond donors (Lipinski definition) is 2. The Labute approximate surface area is 165 Å². The largest absolute Gasteiger partial charge is 0.452 e. The number of hydrogen-bond acceptors (Lipinski definition) is 6. The Morgan fingerprint density at radius 1 is 1.11 bits per heavy atom. The Hall–Kier alpha value is -2.46. The van der Waals surface area contributed by atoms with Crippen LogP contribution in [0, 0.1) is 0 Å². The third kappa shape index (κ3) is 6.93. The second-order valence-electron chi connectivity index (χ2n) is 6.19. The lowest BCUT2D eigenvalue weighted by molar-refractivity contribution is -0.128. The summed E-state index contributed by atoms with van der Waals surface area (Å²) in [7, 11) is -3.71. The molecule has 0 fully saturated rings. The van der Waals surface area contributed by atoms with Crippen LogP contribution in [0.1, 0.15) is 38.1 Å². The topological polar surface area (TPSA) is 122 Å². The normalized spacial score (nSPS) is 11.4. The number of esters is 1. The number of sulfonamides is 1. The molecule has 1 aromatic carbocycles. The van der Waals surface area contributed by atoms with Crippen LogP contribution in [-0.4, -0.2) is 62.8 Å². The summed E-state index contributed by atoms with van der Waals surface area (Å²) in [5.41, 5.74) is 0.0126. The van der Waals surface area contributed by atoms with Crippen molar-refractivity contribution < 1.29 is 27.5 Å². The third-order valence-electron chi connectivity index (χ3n) is 3.64. The molecule has 28 heavy (non-hydrogen) atoms. The van der Waals surface area contributed by atoms with E-state index in [1.165, 1.54) is 28.6 Å². The highest BCUT2D eigenvalue weighted by molar-refractivity contribution is 7.89. The van der Waals surface area contributed by atoms with Gasteiger partial charge >= 0.3 is 5.97 Å². The van der Waals surface area contributed by atoms with E-state index >= 15 is 0 Å². The zero-order valence-corrected chi connectivity index (χ0v) is 17.3. The average molecular weight is 413 g/mol. The number of carbonyl (C=O) groups is 3. The number of ether oxygens (including phenoxy) is 1. The van der Waals surface area contributed by atoms with E-state index in [9.17, 15) is 22.8 Å². The van der Waals surface area contributed by atoms with Gasteiger partial charge in [-0.25, -0.2) is 13.2 Å². The van der Waals surface area contributed by atoms with E-state index in [1.54, 1.807) is 27.7 Å². The minimum absolute atomic E-state index is 0.0126. The lowest BCUT2D eigenvalue weighted by atomic mass is 10.2. The van der Waals surface area contributed by atoms with Crippen LogP contribution in [-0.2, 0) is 24.3 Å². The molecule has 0 saturated heterocycles. The first-order valence-corrected chi connectivity index (χ1v) is 10.4. The van der Waals surface area contributed by atoms with Crippen molar-refractivity contribution >= 4 is 27.8 Å². The van der Waals surface area contributed by atoms with Crippen molar-refractivity contribution in [2.75, 3.05) is 26.2 Å². The molecule has 0 heterocycles. The van der Waals surface area contributed by atoms with E-state index in [2.05, 4.69) is 10.6 Å². The summed E-state index contributed by atoms with van der Waals surface area (Å²) >= 11 is 0. The van der Waals surface area contributed by atoms with Crippen LogP contribution in [0.2, 0.25) is 0 Å². The van der Waals surface area contributed by atoms with Crippen molar-refractivity contribution in [3.8, 4) is 0 Å². The zero-order chi connectivity index (χ0) is 21.3. The highest BCUT2D eigenvalue weighted by atomic mass is 32.2. The molecule has 1 aromatic rings. The molecular weight excluding hydrogens is 386 g/mol. The molecule has 0 unspecified atom stereocenters.